The van der Waals surface area contributed by atoms with Gasteiger partial charge in [0.15, 0.2) is 5.78 Å². The van der Waals surface area contributed by atoms with Crippen molar-refractivity contribution in [2.24, 2.45) is 5.92 Å². The molecular weight excluding hydrogens is 388 g/mol. The molecule has 1 atom stereocenters. The standard InChI is InChI=1S/C9H17NO5.C9H19NO4/c1-6(2)8(12)7(15-4-3-11)5-10-9(13)14;1-9(2,3)14-8(12)10-4-6-13-7-5-11/h6-7,10-11H,3-5H2,1-2H3,(H,13,14);11H,4-7H2,1-3H3,(H,10,12). The maximum absolute atomic E-state index is 11.5. The Morgan fingerprint density at radius 3 is 2.00 bits per heavy atom. The van der Waals surface area contributed by atoms with Gasteiger partial charge in [0.05, 0.1) is 39.6 Å². The summed E-state index contributed by atoms with van der Waals surface area (Å²) in [5, 5.41) is 29.9. The molecule has 0 spiro atoms. The van der Waals surface area contributed by atoms with E-state index in [0.29, 0.717) is 13.2 Å². The Labute approximate surface area is 171 Å². The van der Waals surface area contributed by atoms with E-state index in [1.807, 2.05) is 0 Å². The molecule has 0 aliphatic carbocycles. The summed E-state index contributed by atoms with van der Waals surface area (Å²) in [6.07, 6.45) is -2.48. The van der Waals surface area contributed by atoms with Gasteiger partial charge in [0.2, 0.25) is 0 Å². The largest absolute Gasteiger partial charge is 0.465 e. The Morgan fingerprint density at radius 1 is 0.966 bits per heavy atom. The number of ether oxygens (including phenoxy) is 3. The van der Waals surface area contributed by atoms with E-state index in [-0.39, 0.29) is 44.7 Å². The summed E-state index contributed by atoms with van der Waals surface area (Å²) in [6.45, 7) is 9.58. The zero-order valence-corrected chi connectivity index (χ0v) is 17.9. The van der Waals surface area contributed by atoms with Crippen molar-refractivity contribution in [2.75, 3.05) is 46.1 Å². The van der Waals surface area contributed by atoms with Crippen LogP contribution in [0.2, 0.25) is 0 Å². The van der Waals surface area contributed by atoms with Gasteiger partial charge in [-0.2, -0.15) is 0 Å². The number of nitrogens with one attached hydrogen (secondary N) is 2. The van der Waals surface area contributed by atoms with E-state index in [4.69, 9.17) is 29.5 Å². The molecule has 5 N–H and O–H groups in total. The third-order valence-electron chi connectivity index (χ3n) is 2.89. The van der Waals surface area contributed by atoms with Crippen LogP contribution in [0.4, 0.5) is 9.59 Å². The molecule has 0 saturated heterocycles. The molecule has 0 aromatic heterocycles. The van der Waals surface area contributed by atoms with Crippen molar-refractivity contribution in [3.05, 3.63) is 0 Å². The molecule has 0 radical (unpaired) electrons. The first-order chi connectivity index (χ1) is 13.4. The number of alkyl carbamates (subject to hydrolysis) is 1. The molecule has 0 aromatic rings. The molecule has 0 bridgehead atoms. The van der Waals surface area contributed by atoms with Gasteiger partial charge in [0.25, 0.3) is 0 Å². The second kappa shape index (κ2) is 17.0. The van der Waals surface area contributed by atoms with Gasteiger partial charge in [-0.15, -0.1) is 0 Å². The molecule has 0 aliphatic heterocycles. The highest BCUT2D eigenvalue weighted by Gasteiger charge is 2.22. The van der Waals surface area contributed by atoms with Crippen LogP contribution in [0.25, 0.3) is 0 Å². The van der Waals surface area contributed by atoms with Crippen LogP contribution >= 0.6 is 0 Å². The van der Waals surface area contributed by atoms with E-state index in [9.17, 15) is 14.4 Å². The maximum atomic E-state index is 11.5. The molecule has 29 heavy (non-hydrogen) atoms. The number of ketones is 1. The molecule has 11 heteroatoms. The fourth-order valence-electron chi connectivity index (χ4n) is 1.69. The van der Waals surface area contributed by atoms with Gasteiger partial charge in [0, 0.05) is 12.5 Å². The summed E-state index contributed by atoms with van der Waals surface area (Å²) in [5.74, 6) is -0.415. The summed E-state index contributed by atoms with van der Waals surface area (Å²) >= 11 is 0. The number of Topliss-reactive ketones (excluding diaryl/α,β-unsaturated/α-hetero) is 1. The van der Waals surface area contributed by atoms with Crippen molar-refractivity contribution < 1.29 is 43.9 Å². The molecule has 0 aromatic carbocycles. The van der Waals surface area contributed by atoms with Gasteiger partial charge in [-0.3, -0.25) is 4.79 Å². The highest BCUT2D eigenvalue weighted by atomic mass is 16.6. The Hall–Kier alpha value is -1.95. The number of hydrogen-bond donors (Lipinski definition) is 5. The number of aliphatic hydroxyl groups excluding tert-OH is 2. The summed E-state index contributed by atoms with van der Waals surface area (Å²) in [7, 11) is 0. The molecule has 0 rings (SSSR count). The smallest absolute Gasteiger partial charge is 0.407 e. The number of carboxylic acid groups (broad SMARTS) is 1. The highest BCUT2D eigenvalue weighted by Crippen LogP contribution is 2.06. The summed E-state index contributed by atoms with van der Waals surface area (Å²) in [4.78, 5) is 32.8. The van der Waals surface area contributed by atoms with E-state index in [1.165, 1.54) is 0 Å². The number of aliphatic hydroxyl groups is 2. The second-order valence-corrected chi connectivity index (χ2v) is 7.09. The van der Waals surface area contributed by atoms with Crippen LogP contribution in [0.5, 0.6) is 0 Å². The zero-order chi connectivity index (χ0) is 22.9. The Balaban J connectivity index is 0. The van der Waals surface area contributed by atoms with Gasteiger partial charge in [-0.25, -0.2) is 9.59 Å². The van der Waals surface area contributed by atoms with Crippen LogP contribution in [0, 0.1) is 5.92 Å². The highest BCUT2D eigenvalue weighted by molar-refractivity contribution is 5.85. The predicted molar refractivity (Wildman–Crippen MR) is 105 cm³/mol. The Bertz CT molecular complexity index is 465. The normalized spacial score (nSPS) is 11.9. The Kier molecular flexibility index (Phi) is 17.1. The lowest BCUT2D eigenvalue weighted by molar-refractivity contribution is -0.133. The van der Waals surface area contributed by atoms with Gasteiger partial charge < -0.3 is 40.2 Å². The minimum Gasteiger partial charge on any atom is -0.465 e. The summed E-state index contributed by atoms with van der Waals surface area (Å²) < 4.78 is 15.0. The third kappa shape index (κ3) is 20.6. The molecule has 0 heterocycles. The van der Waals surface area contributed by atoms with Crippen LogP contribution < -0.4 is 10.6 Å². The third-order valence-corrected chi connectivity index (χ3v) is 2.89. The average Bonchev–Trinajstić information content (AvgIpc) is 2.60. The molecule has 0 aliphatic rings. The fraction of sp³-hybridized carbons (Fsp3) is 0.833. The van der Waals surface area contributed by atoms with Crippen molar-refractivity contribution in [2.45, 2.75) is 46.3 Å². The lowest BCUT2D eigenvalue weighted by Gasteiger charge is -2.19. The van der Waals surface area contributed by atoms with Crippen LogP contribution in [0.1, 0.15) is 34.6 Å². The average molecular weight is 424 g/mol. The summed E-state index contributed by atoms with van der Waals surface area (Å²) in [5.41, 5.74) is -0.476. The van der Waals surface area contributed by atoms with Crippen LogP contribution in [-0.4, -0.2) is 91.1 Å². The number of amides is 2. The van der Waals surface area contributed by atoms with Crippen molar-refractivity contribution in [3.8, 4) is 0 Å². The van der Waals surface area contributed by atoms with Crippen LogP contribution in [0.3, 0.4) is 0 Å². The van der Waals surface area contributed by atoms with Crippen molar-refractivity contribution in [1.82, 2.24) is 10.6 Å². The van der Waals surface area contributed by atoms with Crippen LogP contribution in [0.15, 0.2) is 0 Å². The lowest BCUT2D eigenvalue weighted by atomic mass is 10.0. The van der Waals surface area contributed by atoms with Gasteiger partial charge in [0.1, 0.15) is 11.7 Å². The molecule has 11 nitrogen and oxygen atoms in total. The van der Waals surface area contributed by atoms with Crippen molar-refractivity contribution in [3.63, 3.8) is 0 Å². The SMILES string of the molecule is CC(C)(C)OC(=O)NCCOCCO.CC(C)C(=O)C(CNC(=O)O)OCCO. The van der Waals surface area contributed by atoms with E-state index < -0.39 is 23.9 Å². The molecule has 2 amide bonds. The molecule has 0 saturated carbocycles. The maximum Gasteiger partial charge on any atom is 0.407 e. The monoisotopic (exact) mass is 424 g/mol. The van der Waals surface area contributed by atoms with Crippen molar-refractivity contribution >= 4 is 18.0 Å². The predicted octanol–water partition coefficient (Wildman–Crippen LogP) is 0.377. The van der Waals surface area contributed by atoms with Gasteiger partial charge >= 0.3 is 12.2 Å². The molecular formula is C18H36N2O9. The van der Waals surface area contributed by atoms with E-state index >= 15 is 0 Å². The molecule has 172 valence electrons. The quantitative estimate of drug-likeness (QED) is 0.279. The first-order valence-electron chi connectivity index (χ1n) is 9.33. The van der Waals surface area contributed by atoms with E-state index in [2.05, 4.69) is 10.6 Å². The summed E-state index contributed by atoms with van der Waals surface area (Å²) in [6, 6.07) is 0. The zero-order valence-electron chi connectivity index (χ0n) is 17.9. The molecule has 1 unspecified atom stereocenters. The van der Waals surface area contributed by atoms with Gasteiger partial charge in [-0.1, -0.05) is 13.8 Å². The Morgan fingerprint density at radius 2 is 1.55 bits per heavy atom. The van der Waals surface area contributed by atoms with E-state index in [0.717, 1.165) is 0 Å². The fourth-order valence-corrected chi connectivity index (χ4v) is 1.69. The number of rotatable bonds is 12. The first-order valence-corrected chi connectivity index (χ1v) is 9.33. The van der Waals surface area contributed by atoms with Crippen molar-refractivity contribution in [1.29, 1.82) is 0 Å². The van der Waals surface area contributed by atoms with Crippen LogP contribution in [-0.2, 0) is 19.0 Å². The number of carbonyl (C=O) groups excluding carboxylic acids is 2. The van der Waals surface area contributed by atoms with Gasteiger partial charge in [-0.05, 0) is 20.8 Å². The minimum absolute atomic E-state index is 0.00750. The number of hydrogen-bond acceptors (Lipinski definition) is 8. The molecule has 0 fully saturated rings. The topological polar surface area (TPSA) is 164 Å². The first kappa shape index (κ1) is 29.3. The van der Waals surface area contributed by atoms with E-state index in [1.54, 1.807) is 34.6 Å². The number of carbonyl (C=O) groups is 3. The second-order valence-electron chi connectivity index (χ2n) is 7.09. The minimum atomic E-state index is -1.20. The lowest BCUT2D eigenvalue weighted by Crippen LogP contribution is -2.40.